The van der Waals surface area contributed by atoms with Crippen LogP contribution in [0.2, 0.25) is 0 Å². The first-order valence-corrected chi connectivity index (χ1v) is 7.93. The van der Waals surface area contributed by atoms with Gasteiger partial charge in [-0.2, -0.15) is 0 Å². The van der Waals surface area contributed by atoms with E-state index < -0.39 is 0 Å². The third kappa shape index (κ3) is 2.50. The molecule has 0 aliphatic heterocycles. The van der Waals surface area contributed by atoms with Gasteiger partial charge >= 0.3 is 0 Å². The van der Waals surface area contributed by atoms with Crippen molar-refractivity contribution < 1.29 is 0 Å². The van der Waals surface area contributed by atoms with Crippen molar-refractivity contribution in [2.75, 3.05) is 0 Å². The van der Waals surface area contributed by atoms with Crippen LogP contribution in [0.25, 0.3) is 6.08 Å². The van der Waals surface area contributed by atoms with Crippen LogP contribution in [-0.2, 0) is 6.42 Å². The molecule has 2 aliphatic rings. The van der Waals surface area contributed by atoms with Crippen LogP contribution < -0.4 is 0 Å². The van der Waals surface area contributed by atoms with E-state index in [9.17, 15) is 0 Å². The molecule has 0 N–H and O–H groups in total. The fourth-order valence-electron chi connectivity index (χ4n) is 4.17. The standard InChI is InChI=1S/C19H26/c1-13(2)18-9-8-14(3)10-19(18)17-11-15-6-4-5-7-16(15)12-17/h4-7,11,13-14,18-19H,8-10,12H2,1-3H3/t14-,18+,19-/m0/s1. The minimum atomic E-state index is 0.821. The van der Waals surface area contributed by atoms with Crippen molar-refractivity contribution in [3.05, 3.63) is 41.0 Å². The highest BCUT2D eigenvalue weighted by Gasteiger charge is 2.34. The summed E-state index contributed by atoms with van der Waals surface area (Å²) in [6, 6.07) is 8.93. The molecule has 1 saturated carbocycles. The summed E-state index contributed by atoms with van der Waals surface area (Å²) in [4.78, 5) is 0. The minimum absolute atomic E-state index is 0.821. The number of hydrogen-bond acceptors (Lipinski definition) is 0. The average Bonchev–Trinajstić information content (AvgIpc) is 2.81. The second-order valence-electron chi connectivity index (χ2n) is 7.03. The van der Waals surface area contributed by atoms with Crippen molar-refractivity contribution in [3.63, 3.8) is 0 Å². The van der Waals surface area contributed by atoms with Crippen molar-refractivity contribution in [3.8, 4) is 0 Å². The largest absolute Gasteiger partial charge is 0.0625 e. The van der Waals surface area contributed by atoms with Crippen LogP contribution in [0.4, 0.5) is 0 Å². The highest BCUT2D eigenvalue weighted by molar-refractivity contribution is 5.64. The summed E-state index contributed by atoms with van der Waals surface area (Å²) in [6.45, 7) is 7.26. The van der Waals surface area contributed by atoms with Crippen LogP contribution in [0.5, 0.6) is 0 Å². The molecule has 0 saturated heterocycles. The van der Waals surface area contributed by atoms with Gasteiger partial charge in [-0.15, -0.1) is 0 Å². The van der Waals surface area contributed by atoms with Crippen molar-refractivity contribution >= 4 is 6.08 Å². The smallest absolute Gasteiger partial charge is 0.00549 e. The monoisotopic (exact) mass is 254 g/mol. The Morgan fingerprint density at radius 2 is 1.89 bits per heavy atom. The normalized spacial score (nSPS) is 30.3. The lowest BCUT2D eigenvalue weighted by Gasteiger charge is -2.38. The Bertz CT molecular complexity index is 481. The van der Waals surface area contributed by atoms with E-state index in [2.05, 4.69) is 51.1 Å². The van der Waals surface area contributed by atoms with Crippen LogP contribution in [0, 0.1) is 23.7 Å². The molecule has 0 nitrogen and oxygen atoms in total. The predicted molar refractivity (Wildman–Crippen MR) is 83.0 cm³/mol. The number of rotatable bonds is 2. The fourth-order valence-corrected chi connectivity index (χ4v) is 4.17. The molecule has 19 heavy (non-hydrogen) atoms. The number of benzene rings is 1. The molecule has 0 radical (unpaired) electrons. The van der Waals surface area contributed by atoms with Gasteiger partial charge in [0, 0.05) is 0 Å². The van der Waals surface area contributed by atoms with Crippen molar-refractivity contribution in [2.45, 2.75) is 46.5 Å². The third-order valence-corrected chi connectivity index (χ3v) is 5.29. The van der Waals surface area contributed by atoms with Gasteiger partial charge in [0.05, 0.1) is 0 Å². The molecule has 0 aromatic heterocycles. The lowest BCUT2D eigenvalue weighted by atomic mass is 9.67. The molecule has 2 aliphatic carbocycles. The first kappa shape index (κ1) is 13.0. The Hall–Kier alpha value is -1.04. The second-order valence-corrected chi connectivity index (χ2v) is 7.03. The van der Waals surface area contributed by atoms with Gasteiger partial charge in [-0.05, 0) is 54.1 Å². The second kappa shape index (κ2) is 5.15. The maximum absolute atomic E-state index is 2.49. The summed E-state index contributed by atoms with van der Waals surface area (Å²) in [6.07, 6.45) is 7.96. The number of allylic oxidation sites excluding steroid dienone is 1. The molecular weight excluding hydrogens is 228 g/mol. The quantitative estimate of drug-likeness (QED) is 0.668. The Balaban J connectivity index is 1.85. The van der Waals surface area contributed by atoms with E-state index in [4.69, 9.17) is 0 Å². The highest BCUT2D eigenvalue weighted by Crippen LogP contribution is 2.44. The van der Waals surface area contributed by atoms with Gasteiger partial charge in [-0.25, -0.2) is 0 Å². The zero-order chi connectivity index (χ0) is 13.4. The van der Waals surface area contributed by atoms with Crippen LogP contribution in [0.15, 0.2) is 29.8 Å². The van der Waals surface area contributed by atoms with Gasteiger partial charge in [-0.1, -0.05) is 63.1 Å². The van der Waals surface area contributed by atoms with E-state index >= 15 is 0 Å². The lowest BCUT2D eigenvalue weighted by Crippen LogP contribution is -2.29. The van der Waals surface area contributed by atoms with Crippen molar-refractivity contribution in [1.82, 2.24) is 0 Å². The van der Waals surface area contributed by atoms with Gasteiger partial charge in [0.1, 0.15) is 0 Å². The van der Waals surface area contributed by atoms with Crippen LogP contribution in [0.3, 0.4) is 0 Å². The van der Waals surface area contributed by atoms with E-state index in [0.29, 0.717) is 0 Å². The van der Waals surface area contributed by atoms with Crippen LogP contribution in [0.1, 0.15) is 51.2 Å². The van der Waals surface area contributed by atoms with Gasteiger partial charge in [0.15, 0.2) is 0 Å². The zero-order valence-electron chi connectivity index (χ0n) is 12.5. The summed E-state index contributed by atoms with van der Waals surface area (Å²) >= 11 is 0. The Labute approximate surface area is 117 Å². The van der Waals surface area contributed by atoms with E-state index in [1.54, 1.807) is 11.1 Å². The maximum atomic E-state index is 2.49. The summed E-state index contributed by atoms with van der Waals surface area (Å²) in [5.41, 5.74) is 4.72. The van der Waals surface area contributed by atoms with E-state index in [-0.39, 0.29) is 0 Å². The highest BCUT2D eigenvalue weighted by atomic mass is 14.4. The van der Waals surface area contributed by atoms with E-state index in [1.807, 2.05) is 0 Å². The summed E-state index contributed by atoms with van der Waals surface area (Å²) in [5, 5.41) is 0. The average molecular weight is 254 g/mol. The first-order chi connectivity index (χ1) is 9.15. The van der Waals surface area contributed by atoms with Crippen LogP contribution >= 0.6 is 0 Å². The molecule has 1 aromatic carbocycles. The molecule has 1 aromatic rings. The van der Waals surface area contributed by atoms with E-state index in [1.165, 1.54) is 31.2 Å². The fraction of sp³-hybridized carbons (Fsp3) is 0.579. The topological polar surface area (TPSA) is 0 Å². The summed E-state index contributed by atoms with van der Waals surface area (Å²) < 4.78 is 0. The molecule has 3 rings (SSSR count). The molecule has 0 heterocycles. The SMILES string of the molecule is CC(C)[C@H]1CC[C@H](C)C[C@H]1C1=Cc2ccccc2C1. The van der Waals surface area contributed by atoms with Gasteiger partial charge in [0.2, 0.25) is 0 Å². The van der Waals surface area contributed by atoms with Crippen molar-refractivity contribution in [2.24, 2.45) is 23.7 Å². The molecule has 0 heteroatoms. The molecule has 0 spiro atoms. The Morgan fingerprint density at radius 3 is 2.63 bits per heavy atom. The molecule has 102 valence electrons. The molecule has 0 bridgehead atoms. The molecular formula is C19H26. The first-order valence-electron chi connectivity index (χ1n) is 7.93. The van der Waals surface area contributed by atoms with Crippen molar-refractivity contribution in [1.29, 1.82) is 0 Å². The lowest BCUT2D eigenvalue weighted by molar-refractivity contribution is 0.169. The van der Waals surface area contributed by atoms with Gasteiger partial charge in [-0.3, -0.25) is 0 Å². The molecule has 3 atom stereocenters. The maximum Gasteiger partial charge on any atom is -0.00549 e. The van der Waals surface area contributed by atoms with Crippen LogP contribution in [-0.4, -0.2) is 0 Å². The predicted octanol–water partition coefficient (Wildman–Crippen LogP) is 5.33. The van der Waals surface area contributed by atoms with E-state index in [0.717, 1.165) is 23.7 Å². The number of hydrogen-bond donors (Lipinski definition) is 0. The number of fused-ring (bicyclic) bond motifs is 1. The van der Waals surface area contributed by atoms with Gasteiger partial charge < -0.3 is 0 Å². The third-order valence-electron chi connectivity index (χ3n) is 5.29. The zero-order valence-corrected chi connectivity index (χ0v) is 12.5. The Morgan fingerprint density at radius 1 is 1.11 bits per heavy atom. The summed E-state index contributed by atoms with van der Waals surface area (Å²) in [5.74, 6) is 3.46. The molecule has 0 amide bonds. The van der Waals surface area contributed by atoms with Gasteiger partial charge in [0.25, 0.3) is 0 Å². The molecule has 1 fully saturated rings. The summed E-state index contributed by atoms with van der Waals surface area (Å²) in [7, 11) is 0. The minimum Gasteiger partial charge on any atom is -0.0625 e. The molecule has 0 unspecified atom stereocenters. The Kier molecular flexibility index (Phi) is 3.52.